The van der Waals surface area contributed by atoms with Crippen molar-refractivity contribution in [3.05, 3.63) is 59.1 Å². The van der Waals surface area contributed by atoms with Crippen LogP contribution in [-0.2, 0) is 0 Å². The number of nitrogens with one attached hydrogen (secondary N) is 1. The molecule has 0 saturated carbocycles. The Morgan fingerprint density at radius 2 is 1.67 bits per heavy atom. The van der Waals surface area contributed by atoms with Gasteiger partial charge in [-0.2, -0.15) is 5.10 Å². The first-order chi connectivity index (χ1) is 14.5. The molecule has 4 aromatic rings. The summed E-state index contributed by atoms with van der Waals surface area (Å²) in [7, 11) is 4.61. The molecule has 0 unspecified atom stereocenters. The lowest BCUT2D eigenvalue weighted by atomic mass is 10.2. The predicted octanol–water partition coefficient (Wildman–Crippen LogP) is 4.67. The van der Waals surface area contributed by atoms with Gasteiger partial charge in [-0.1, -0.05) is 18.2 Å². The molecule has 2 aromatic heterocycles. The van der Waals surface area contributed by atoms with Gasteiger partial charge in [0.15, 0.2) is 11.5 Å². The SMILES string of the molecule is COc1cc(NC(=O)c2cc3c(C)nn(-c4ccccc4)c3s2)cc(OC)c1OC. The Balaban J connectivity index is 1.68. The first-order valence-electron chi connectivity index (χ1n) is 9.21. The van der Waals surface area contributed by atoms with Crippen molar-refractivity contribution in [1.29, 1.82) is 0 Å². The minimum Gasteiger partial charge on any atom is -0.493 e. The Labute approximate surface area is 177 Å². The number of thiophene rings is 1. The normalized spacial score (nSPS) is 10.8. The molecular formula is C22H21N3O4S. The summed E-state index contributed by atoms with van der Waals surface area (Å²) in [5.74, 6) is 1.20. The molecule has 0 bridgehead atoms. The third kappa shape index (κ3) is 3.46. The highest BCUT2D eigenvalue weighted by Gasteiger charge is 2.19. The molecular weight excluding hydrogens is 402 g/mol. The van der Waals surface area contributed by atoms with Crippen LogP contribution in [0.2, 0.25) is 0 Å². The number of anilines is 1. The molecule has 0 aliphatic carbocycles. The fourth-order valence-electron chi connectivity index (χ4n) is 3.25. The van der Waals surface area contributed by atoms with Crippen molar-refractivity contribution < 1.29 is 19.0 Å². The standard InChI is InChI=1S/C22H21N3O4S/c1-13-16-12-19(30-22(16)25(24-13)15-8-6-5-7-9-15)21(26)23-14-10-17(27-2)20(29-4)18(11-14)28-3/h5-12H,1-4H3,(H,23,26). The Hall–Kier alpha value is -3.52. The van der Waals surface area contributed by atoms with Gasteiger partial charge in [-0.05, 0) is 25.1 Å². The minimum absolute atomic E-state index is 0.218. The molecule has 0 saturated heterocycles. The molecule has 8 heteroatoms. The van der Waals surface area contributed by atoms with Gasteiger partial charge >= 0.3 is 0 Å². The van der Waals surface area contributed by atoms with E-state index in [2.05, 4.69) is 10.4 Å². The lowest BCUT2D eigenvalue weighted by molar-refractivity contribution is 0.103. The maximum absolute atomic E-state index is 13.0. The van der Waals surface area contributed by atoms with Gasteiger partial charge in [-0.25, -0.2) is 4.68 Å². The molecule has 0 spiro atoms. The number of carbonyl (C=O) groups excluding carboxylic acids is 1. The van der Waals surface area contributed by atoms with Gasteiger partial charge in [0.2, 0.25) is 5.75 Å². The Bertz CT molecular complexity index is 1190. The van der Waals surface area contributed by atoms with E-state index >= 15 is 0 Å². The second kappa shape index (κ2) is 8.08. The van der Waals surface area contributed by atoms with E-state index in [1.165, 1.54) is 32.7 Å². The van der Waals surface area contributed by atoms with E-state index in [0.29, 0.717) is 27.8 Å². The quantitative estimate of drug-likeness (QED) is 0.488. The van der Waals surface area contributed by atoms with Crippen molar-refractivity contribution >= 4 is 33.1 Å². The minimum atomic E-state index is -0.218. The molecule has 2 heterocycles. The van der Waals surface area contributed by atoms with Gasteiger partial charge in [0.25, 0.3) is 5.91 Å². The van der Waals surface area contributed by atoms with Crippen LogP contribution in [0.3, 0.4) is 0 Å². The molecule has 2 aromatic carbocycles. The zero-order valence-corrected chi connectivity index (χ0v) is 17.9. The lowest BCUT2D eigenvalue weighted by Gasteiger charge is -2.14. The number of carbonyl (C=O) groups is 1. The maximum atomic E-state index is 13.0. The topological polar surface area (TPSA) is 74.6 Å². The molecule has 0 atom stereocenters. The molecule has 0 fully saturated rings. The summed E-state index contributed by atoms with van der Waals surface area (Å²) in [6, 6.07) is 15.1. The van der Waals surface area contributed by atoms with Gasteiger partial charge < -0.3 is 19.5 Å². The zero-order chi connectivity index (χ0) is 21.3. The number of fused-ring (bicyclic) bond motifs is 1. The second-order valence-corrected chi connectivity index (χ2v) is 7.56. The van der Waals surface area contributed by atoms with Crippen LogP contribution in [0.25, 0.3) is 15.9 Å². The number of aryl methyl sites for hydroxylation is 1. The second-order valence-electron chi connectivity index (χ2n) is 6.53. The van der Waals surface area contributed by atoms with E-state index in [0.717, 1.165) is 21.6 Å². The number of ether oxygens (including phenoxy) is 3. The van der Waals surface area contributed by atoms with Crippen LogP contribution in [-0.4, -0.2) is 37.0 Å². The van der Waals surface area contributed by atoms with E-state index in [-0.39, 0.29) is 5.91 Å². The highest BCUT2D eigenvalue weighted by atomic mass is 32.1. The summed E-state index contributed by atoms with van der Waals surface area (Å²) in [6.07, 6.45) is 0. The molecule has 0 aliphatic rings. The molecule has 0 aliphatic heterocycles. The van der Waals surface area contributed by atoms with Gasteiger partial charge in [-0.15, -0.1) is 11.3 Å². The van der Waals surface area contributed by atoms with E-state index in [1.807, 2.05) is 48.0 Å². The highest BCUT2D eigenvalue weighted by Crippen LogP contribution is 2.40. The number of aromatic nitrogens is 2. The van der Waals surface area contributed by atoms with Crippen LogP contribution in [0, 0.1) is 6.92 Å². The van der Waals surface area contributed by atoms with Crippen LogP contribution >= 0.6 is 11.3 Å². The number of nitrogens with zero attached hydrogens (tertiary/aromatic N) is 2. The van der Waals surface area contributed by atoms with Crippen LogP contribution in [0.5, 0.6) is 17.2 Å². The van der Waals surface area contributed by atoms with Gasteiger partial charge in [0, 0.05) is 23.2 Å². The lowest BCUT2D eigenvalue weighted by Crippen LogP contribution is -2.10. The Morgan fingerprint density at radius 1 is 1.00 bits per heavy atom. The molecule has 30 heavy (non-hydrogen) atoms. The number of amides is 1. The van der Waals surface area contributed by atoms with Crippen LogP contribution < -0.4 is 19.5 Å². The molecule has 154 valence electrons. The van der Waals surface area contributed by atoms with Crippen molar-refractivity contribution in [2.24, 2.45) is 0 Å². The fourth-order valence-corrected chi connectivity index (χ4v) is 4.33. The summed E-state index contributed by atoms with van der Waals surface area (Å²) in [5.41, 5.74) is 2.37. The average molecular weight is 423 g/mol. The third-order valence-corrected chi connectivity index (χ3v) is 5.80. The van der Waals surface area contributed by atoms with Crippen LogP contribution in [0.4, 0.5) is 5.69 Å². The summed E-state index contributed by atoms with van der Waals surface area (Å²) >= 11 is 1.40. The number of benzene rings is 2. The zero-order valence-electron chi connectivity index (χ0n) is 17.1. The number of para-hydroxylation sites is 1. The molecule has 1 amide bonds. The molecule has 0 radical (unpaired) electrons. The number of rotatable bonds is 6. The summed E-state index contributed by atoms with van der Waals surface area (Å²) in [6.45, 7) is 1.94. The van der Waals surface area contributed by atoms with Crippen LogP contribution in [0.1, 0.15) is 15.4 Å². The van der Waals surface area contributed by atoms with Crippen molar-refractivity contribution in [3.63, 3.8) is 0 Å². The molecule has 1 N–H and O–H groups in total. The van der Waals surface area contributed by atoms with Crippen molar-refractivity contribution in [2.75, 3.05) is 26.6 Å². The average Bonchev–Trinajstić information content (AvgIpc) is 3.34. The monoisotopic (exact) mass is 423 g/mol. The van der Waals surface area contributed by atoms with Crippen molar-refractivity contribution in [1.82, 2.24) is 9.78 Å². The first-order valence-corrected chi connectivity index (χ1v) is 10.0. The first kappa shape index (κ1) is 19.8. The fraction of sp³-hybridized carbons (Fsp3) is 0.182. The van der Waals surface area contributed by atoms with E-state index < -0.39 is 0 Å². The Morgan fingerprint density at radius 3 is 2.27 bits per heavy atom. The van der Waals surface area contributed by atoms with Gasteiger partial charge in [0.1, 0.15) is 4.83 Å². The summed E-state index contributed by atoms with van der Waals surface area (Å²) in [4.78, 5) is 14.5. The summed E-state index contributed by atoms with van der Waals surface area (Å²) < 4.78 is 17.9. The highest BCUT2D eigenvalue weighted by molar-refractivity contribution is 7.20. The van der Waals surface area contributed by atoms with Gasteiger partial charge in [-0.3, -0.25) is 4.79 Å². The molecule has 7 nitrogen and oxygen atoms in total. The van der Waals surface area contributed by atoms with E-state index in [9.17, 15) is 4.79 Å². The van der Waals surface area contributed by atoms with Gasteiger partial charge in [0.05, 0.1) is 37.6 Å². The van der Waals surface area contributed by atoms with E-state index in [4.69, 9.17) is 14.2 Å². The van der Waals surface area contributed by atoms with Crippen LogP contribution in [0.15, 0.2) is 48.5 Å². The van der Waals surface area contributed by atoms with Crippen molar-refractivity contribution in [3.8, 4) is 22.9 Å². The summed E-state index contributed by atoms with van der Waals surface area (Å²) in [5, 5.41) is 8.49. The third-order valence-electron chi connectivity index (χ3n) is 4.69. The number of hydrogen-bond donors (Lipinski definition) is 1. The largest absolute Gasteiger partial charge is 0.493 e. The number of methoxy groups -OCH3 is 3. The Kier molecular flexibility index (Phi) is 5.33. The molecule has 4 rings (SSSR count). The predicted molar refractivity (Wildman–Crippen MR) is 118 cm³/mol. The van der Waals surface area contributed by atoms with E-state index in [1.54, 1.807) is 12.1 Å². The smallest absolute Gasteiger partial charge is 0.265 e. The maximum Gasteiger partial charge on any atom is 0.265 e. The number of hydrogen-bond acceptors (Lipinski definition) is 6. The van der Waals surface area contributed by atoms with Crippen molar-refractivity contribution in [2.45, 2.75) is 6.92 Å².